The molecule has 0 saturated heterocycles. The van der Waals surface area contributed by atoms with Gasteiger partial charge in [-0.05, 0) is 62.8 Å². The van der Waals surface area contributed by atoms with E-state index in [2.05, 4.69) is 34.6 Å². The number of hydrogen-bond acceptors (Lipinski definition) is 6. The van der Waals surface area contributed by atoms with Crippen LogP contribution in [0.4, 0.5) is 5.00 Å². The normalized spacial score (nSPS) is 14.4. The predicted molar refractivity (Wildman–Crippen MR) is 125 cm³/mol. The van der Waals surface area contributed by atoms with Crippen LogP contribution in [-0.2, 0) is 17.6 Å². The number of aryl methyl sites for hydroxylation is 2. The Morgan fingerprint density at radius 3 is 2.94 bits per heavy atom. The minimum absolute atomic E-state index is 0.131. The van der Waals surface area contributed by atoms with Crippen molar-refractivity contribution in [1.82, 2.24) is 14.6 Å². The highest BCUT2D eigenvalue weighted by Gasteiger charge is 2.25. The molecule has 0 radical (unpaired) electrons. The van der Waals surface area contributed by atoms with Gasteiger partial charge in [-0.25, -0.2) is 0 Å². The van der Waals surface area contributed by atoms with Crippen molar-refractivity contribution in [3.63, 3.8) is 0 Å². The minimum atomic E-state index is -0.391. The van der Waals surface area contributed by atoms with Crippen LogP contribution in [-0.4, -0.2) is 25.8 Å². The topological polar surface area (TPSA) is 83.1 Å². The molecule has 0 aliphatic heterocycles. The number of aromatic nitrogens is 3. The van der Waals surface area contributed by atoms with E-state index in [4.69, 9.17) is 0 Å². The fraction of sp³-hybridized carbons (Fsp3) is 0.304. The number of anilines is 1. The van der Waals surface area contributed by atoms with Gasteiger partial charge in [0.1, 0.15) is 11.1 Å². The predicted octanol–water partition coefficient (Wildman–Crippen LogP) is 5.12. The van der Waals surface area contributed by atoms with Gasteiger partial charge in [-0.15, -0.1) is 21.5 Å². The number of amides is 1. The lowest BCUT2D eigenvalue weighted by Gasteiger charge is -2.12. The smallest absolute Gasteiger partial charge is 0.238 e. The lowest BCUT2D eigenvalue weighted by atomic mass is 9.96. The van der Waals surface area contributed by atoms with Gasteiger partial charge in [-0.2, -0.15) is 5.26 Å². The van der Waals surface area contributed by atoms with E-state index in [9.17, 15) is 10.1 Å². The molecule has 31 heavy (non-hydrogen) atoms. The third-order valence-electron chi connectivity index (χ3n) is 5.75. The zero-order valence-electron chi connectivity index (χ0n) is 17.3. The molecule has 6 nitrogen and oxygen atoms in total. The van der Waals surface area contributed by atoms with E-state index in [1.54, 1.807) is 11.3 Å². The number of carbonyl (C=O) groups is 1. The van der Waals surface area contributed by atoms with Gasteiger partial charge in [0.2, 0.25) is 5.91 Å². The fourth-order valence-electron chi connectivity index (χ4n) is 4.15. The van der Waals surface area contributed by atoms with Crippen molar-refractivity contribution in [1.29, 1.82) is 5.26 Å². The summed E-state index contributed by atoms with van der Waals surface area (Å²) in [5.41, 5.74) is 4.70. The Morgan fingerprint density at radius 2 is 2.10 bits per heavy atom. The summed E-state index contributed by atoms with van der Waals surface area (Å²) in [5.74, 6) is -0.131. The molecular formula is C23H21N5OS2. The fourth-order valence-corrected chi connectivity index (χ4v) is 6.26. The Balaban J connectivity index is 1.42. The number of thiophene rings is 1. The molecule has 8 heteroatoms. The lowest BCUT2D eigenvalue weighted by molar-refractivity contribution is -0.115. The summed E-state index contributed by atoms with van der Waals surface area (Å²) < 4.78 is 2.00. The highest BCUT2D eigenvalue weighted by molar-refractivity contribution is 8.00. The number of thioether (sulfide) groups is 1. The van der Waals surface area contributed by atoms with Crippen LogP contribution < -0.4 is 5.32 Å². The molecule has 1 aliphatic rings. The number of carbonyl (C=O) groups excluding carboxylic acids is 1. The molecular weight excluding hydrogens is 426 g/mol. The average molecular weight is 448 g/mol. The van der Waals surface area contributed by atoms with E-state index < -0.39 is 5.25 Å². The first-order valence-corrected chi connectivity index (χ1v) is 12.0. The van der Waals surface area contributed by atoms with Gasteiger partial charge in [0, 0.05) is 10.3 Å². The van der Waals surface area contributed by atoms with Crippen LogP contribution >= 0.6 is 23.1 Å². The second-order valence-electron chi connectivity index (χ2n) is 7.80. The van der Waals surface area contributed by atoms with Crippen molar-refractivity contribution in [2.75, 3.05) is 5.32 Å². The van der Waals surface area contributed by atoms with Crippen molar-refractivity contribution in [2.24, 2.45) is 0 Å². The molecule has 5 rings (SSSR count). The van der Waals surface area contributed by atoms with Crippen LogP contribution in [0.1, 0.15) is 41.3 Å². The zero-order valence-corrected chi connectivity index (χ0v) is 18.9. The number of nitrogens with zero attached hydrogens (tertiary/aromatic N) is 4. The van der Waals surface area contributed by atoms with E-state index in [1.165, 1.54) is 16.6 Å². The number of fused-ring (bicyclic) bond motifs is 4. The molecule has 1 N–H and O–H groups in total. The number of nitriles is 1. The molecule has 0 spiro atoms. The van der Waals surface area contributed by atoms with Gasteiger partial charge < -0.3 is 5.32 Å². The molecule has 156 valence electrons. The van der Waals surface area contributed by atoms with Crippen LogP contribution in [0, 0.1) is 18.3 Å². The quantitative estimate of drug-likeness (QED) is 0.439. The molecule has 0 bridgehead atoms. The first-order valence-electron chi connectivity index (χ1n) is 10.3. The van der Waals surface area contributed by atoms with E-state index >= 15 is 0 Å². The number of hydrogen-bond donors (Lipinski definition) is 1. The van der Waals surface area contributed by atoms with E-state index in [-0.39, 0.29) is 5.91 Å². The largest absolute Gasteiger partial charge is 0.316 e. The SMILES string of the molecule is Cc1cc2nnc(SC(C)C(=O)Nc3sc4c(c3C#N)CCCC4)n2c2ccccc12. The van der Waals surface area contributed by atoms with E-state index in [0.717, 1.165) is 53.4 Å². The summed E-state index contributed by atoms with van der Waals surface area (Å²) in [4.78, 5) is 14.2. The van der Waals surface area contributed by atoms with Gasteiger partial charge in [0.15, 0.2) is 10.8 Å². The monoisotopic (exact) mass is 447 g/mol. The maximum atomic E-state index is 13.0. The van der Waals surface area contributed by atoms with Gasteiger partial charge >= 0.3 is 0 Å². The van der Waals surface area contributed by atoms with Gasteiger partial charge in [-0.1, -0.05) is 30.0 Å². The summed E-state index contributed by atoms with van der Waals surface area (Å²) in [7, 11) is 0. The third-order valence-corrected chi connectivity index (χ3v) is 7.99. The number of nitrogens with one attached hydrogen (secondary N) is 1. The maximum Gasteiger partial charge on any atom is 0.238 e. The Bertz CT molecular complexity index is 1360. The summed E-state index contributed by atoms with van der Waals surface area (Å²) in [6, 6.07) is 12.5. The first-order chi connectivity index (χ1) is 15.1. The molecule has 3 aromatic heterocycles. The third kappa shape index (κ3) is 3.48. The molecule has 4 aromatic rings. The lowest BCUT2D eigenvalue weighted by Crippen LogP contribution is -2.22. The van der Waals surface area contributed by atoms with Crippen LogP contribution in [0.3, 0.4) is 0 Å². The van der Waals surface area contributed by atoms with Gasteiger partial charge in [-0.3, -0.25) is 9.20 Å². The Kier molecular flexibility index (Phi) is 5.16. The van der Waals surface area contributed by atoms with E-state index in [0.29, 0.717) is 15.7 Å². The molecule has 0 fully saturated rings. The zero-order chi connectivity index (χ0) is 21.5. The minimum Gasteiger partial charge on any atom is -0.316 e. The van der Waals surface area contributed by atoms with Gasteiger partial charge in [0.05, 0.1) is 16.3 Å². The number of rotatable bonds is 4. The number of para-hydroxylation sites is 1. The van der Waals surface area contributed by atoms with Crippen LogP contribution in [0.25, 0.3) is 16.6 Å². The Hall–Kier alpha value is -2.89. The van der Waals surface area contributed by atoms with E-state index in [1.807, 2.05) is 35.6 Å². The van der Waals surface area contributed by atoms with Crippen LogP contribution in [0.5, 0.6) is 0 Å². The van der Waals surface area contributed by atoms with Crippen LogP contribution in [0.2, 0.25) is 0 Å². The molecule has 3 heterocycles. The summed E-state index contributed by atoms with van der Waals surface area (Å²) in [6.07, 6.45) is 4.16. The molecule has 1 aromatic carbocycles. The van der Waals surface area contributed by atoms with Gasteiger partial charge in [0.25, 0.3) is 0 Å². The van der Waals surface area contributed by atoms with Crippen molar-refractivity contribution < 1.29 is 4.79 Å². The van der Waals surface area contributed by atoms with Crippen LogP contribution in [0.15, 0.2) is 35.5 Å². The second-order valence-corrected chi connectivity index (χ2v) is 10.2. The Morgan fingerprint density at radius 1 is 1.29 bits per heavy atom. The van der Waals surface area contributed by atoms with Crippen molar-refractivity contribution >= 4 is 50.6 Å². The average Bonchev–Trinajstić information content (AvgIpc) is 3.34. The molecule has 0 saturated carbocycles. The van der Waals surface area contributed by atoms with Crippen molar-refractivity contribution in [2.45, 2.75) is 49.9 Å². The van der Waals surface area contributed by atoms with Crippen molar-refractivity contribution in [3.05, 3.63) is 51.9 Å². The number of pyridine rings is 1. The molecule has 1 unspecified atom stereocenters. The summed E-state index contributed by atoms with van der Waals surface area (Å²) in [5, 5.41) is 23.4. The molecule has 1 amide bonds. The summed E-state index contributed by atoms with van der Waals surface area (Å²) in [6.45, 7) is 3.92. The summed E-state index contributed by atoms with van der Waals surface area (Å²) >= 11 is 2.92. The highest BCUT2D eigenvalue weighted by Crippen LogP contribution is 2.38. The Labute approximate surface area is 188 Å². The molecule has 1 aliphatic carbocycles. The highest BCUT2D eigenvalue weighted by atomic mass is 32.2. The van der Waals surface area contributed by atoms with Crippen molar-refractivity contribution in [3.8, 4) is 6.07 Å². The first kappa shape index (κ1) is 20.0. The second kappa shape index (κ2) is 7.98. The standard InChI is InChI=1S/C23H21N5OS2/c1-13-11-20-26-27-23(28(20)18-9-5-3-7-15(13)18)30-14(2)21(29)25-22-17(12-24)16-8-4-6-10-19(16)31-22/h3,5,7,9,11,14H,4,6,8,10H2,1-2H3,(H,25,29). The maximum absolute atomic E-state index is 13.0. The number of benzene rings is 1. The molecule has 1 atom stereocenters.